The number of nitrogens with zero attached hydrogens (tertiary/aromatic N) is 2. The van der Waals surface area contributed by atoms with Crippen molar-refractivity contribution in [2.45, 2.75) is 69.9 Å². The Morgan fingerprint density at radius 1 is 0.870 bits per heavy atom. The van der Waals surface area contributed by atoms with Crippen LogP contribution in [0.4, 0.5) is 8.78 Å². The third-order valence-corrected chi connectivity index (χ3v) is 10.4. The Hall–Kier alpha value is -3.29. The number of hydrogen-bond donors (Lipinski definition) is 0. The van der Waals surface area contributed by atoms with E-state index in [9.17, 15) is 13.6 Å². The average Bonchev–Trinajstić information content (AvgIpc) is 3.81. The molecule has 0 aromatic heterocycles. The van der Waals surface area contributed by atoms with Crippen LogP contribution in [0.3, 0.4) is 0 Å². The summed E-state index contributed by atoms with van der Waals surface area (Å²) in [5.41, 5.74) is 3.17. The summed E-state index contributed by atoms with van der Waals surface area (Å²) in [6, 6.07) is 21.3. The predicted molar refractivity (Wildman–Crippen MR) is 177 cm³/mol. The van der Waals surface area contributed by atoms with Gasteiger partial charge in [-0.15, -0.1) is 0 Å². The summed E-state index contributed by atoms with van der Waals surface area (Å²) >= 11 is 0. The molecule has 246 valence electrons. The molecule has 2 saturated heterocycles. The van der Waals surface area contributed by atoms with Crippen molar-refractivity contribution in [1.82, 2.24) is 9.80 Å². The zero-order valence-electron chi connectivity index (χ0n) is 27.1. The maximum atomic E-state index is 14.4. The Morgan fingerprint density at radius 2 is 1.61 bits per heavy atom. The quantitative estimate of drug-likeness (QED) is 0.171. The van der Waals surface area contributed by atoms with Gasteiger partial charge in [0.1, 0.15) is 30.0 Å². The Morgan fingerprint density at radius 3 is 2.30 bits per heavy atom. The first kappa shape index (κ1) is 32.6. The minimum atomic E-state index is -0.279. The van der Waals surface area contributed by atoms with E-state index in [0.717, 1.165) is 74.8 Å². The van der Waals surface area contributed by atoms with Crippen molar-refractivity contribution in [2.24, 2.45) is 17.8 Å². The van der Waals surface area contributed by atoms with Crippen molar-refractivity contribution >= 4 is 5.97 Å². The van der Waals surface area contributed by atoms with Gasteiger partial charge < -0.3 is 14.4 Å². The number of ether oxygens (including phenoxy) is 2. The van der Waals surface area contributed by atoms with Gasteiger partial charge in [-0.3, -0.25) is 9.69 Å². The van der Waals surface area contributed by atoms with Crippen LogP contribution in [0.5, 0.6) is 5.75 Å². The molecule has 5 nitrogen and oxygen atoms in total. The second-order valence-corrected chi connectivity index (χ2v) is 13.8. The van der Waals surface area contributed by atoms with Gasteiger partial charge in [0.05, 0.1) is 7.11 Å². The maximum absolute atomic E-state index is 14.4. The van der Waals surface area contributed by atoms with Crippen LogP contribution in [-0.2, 0) is 22.6 Å². The molecule has 6 rings (SSSR count). The van der Waals surface area contributed by atoms with Crippen molar-refractivity contribution in [3.8, 4) is 5.75 Å². The van der Waals surface area contributed by atoms with Gasteiger partial charge in [-0.25, -0.2) is 8.78 Å². The van der Waals surface area contributed by atoms with E-state index < -0.39 is 0 Å². The molecule has 2 heterocycles. The summed E-state index contributed by atoms with van der Waals surface area (Å²) in [5, 5.41) is 0. The van der Waals surface area contributed by atoms with Crippen LogP contribution in [0.25, 0.3) is 0 Å². The molecule has 1 saturated carbocycles. The number of piperidine rings is 1. The zero-order valence-corrected chi connectivity index (χ0v) is 27.1. The van der Waals surface area contributed by atoms with Crippen molar-refractivity contribution in [3.05, 3.63) is 101 Å². The van der Waals surface area contributed by atoms with Crippen LogP contribution in [0.2, 0.25) is 0 Å². The molecular formula is C39H48F2N2O3. The number of aryl methyl sites for hydroxylation is 1. The first-order valence-corrected chi connectivity index (χ1v) is 17.2. The molecule has 0 amide bonds. The number of rotatable bonds is 14. The fraction of sp³-hybridized carbons (Fsp3) is 0.513. The molecule has 2 aliphatic heterocycles. The highest BCUT2D eigenvalue weighted by molar-refractivity contribution is 5.76. The molecule has 3 aromatic rings. The summed E-state index contributed by atoms with van der Waals surface area (Å²) in [6.07, 6.45) is 8.88. The van der Waals surface area contributed by atoms with E-state index >= 15 is 0 Å². The number of likely N-dealkylation sites (tertiary alicyclic amines) is 2. The van der Waals surface area contributed by atoms with Gasteiger partial charge in [0.25, 0.3) is 0 Å². The van der Waals surface area contributed by atoms with E-state index in [4.69, 9.17) is 9.47 Å². The number of methoxy groups -OCH3 is 1. The maximum Gasteiger partial charge on any atom is 0.323 e. The predicted octanol–water partition coefficient (Wildman–Crippen LogP) is 7.64. The van der Waals surface area contributed by atoms with Crippen LogP contribution < -0.4 is 4.74 Å². The summed E-state index contributed by atoms with van der Waals surface area (Å²) < 4.78 is 38.8. The fourth-order valence-electron chi connectivity index (χ4n) is 7.53. The zero-order chi connectivity index (χ0) is 31.9. The highest BCUT2D eigenvalue weighted by Crippen LogP contribution is 2.40. The lowest BCUT2D eigenvalue weighted by molar-refractivity contribution is -0.151. The topological polar surface area (TPSA) is 42.0 Å². The van der Waals surface area contributed by atoms with Gasteiger partial charge in [-0.1, -0.05) is 55.7 Å². The first-order chi connectivity index (χ1) is 22.4. The molecule has 0 unspecified atom stereocenters. The van der Waals surface area contributed by atoms with E-state index in [1.807, 2.05) is 42.5 Å². The van der Waals surface area contributed by atoms with Gasteiger partial charge in [0, 0.05) is 25.6 Å². The number of hydrogen-bond acceptors (Lipinski definition) is 5. The van der Waals surface area contributed by atoms with Gasteiger partial charge in [0.15, 0.2) is 0 Å². The normalized spacial score (nSPS) is 21.7. The smallest absolute Gasteiger partial charge is 0.323 e. The highest BCUT2D eigenvalue weighted by Gasteiger charge is 2.42. The third kappa shape index (κ3) is 8.95. The standard InChI is InChI=1S/C39H48F2N2O3/c1-45-36-16-12-31(13-17-36)27-46-39(44)38(22-30-8-9-30)43-25-33(37(26-43)32-6-3-7-35(41)23-32)24-42-20-18-29(19-21-42)5-2-4-28-10-14-34(40)15-11-28/h3,6-7,10-17,23,29-30,33,37-38H,2,4-5,8-9,18-22,24-27H2,1H3/t33-,37+,38+/m0/s1. The minimum Gasteiger partial charge on any atom is -0.497 e. The van der Waals surface area contributed by atoms with E-state index in [2.05, 4.69) is 15.9 Å². The molecule has 0 N–H and O–H groups in total. The van der Waals surface area contributed by atoms with E-state index in [0.29, 0.717) is 11.8 Å². The second-order valence-electron chi connectivity index (χ2n) is 13.8. The fourth-order valence-corrected chi connectivity index (χ4v) is 7.53. The summed E-state index contributed by atoms with van der Waals surface area (Å²) in [5.74, 6) is 2.02. The minimum absolute atomic E-state index is 0.150. The molecule has 0 radical (unpaired) electrons. The number of halogens is 2. The van der Waals surface area contributed by atoms with E-state index in [1.54, 1.807) is 25.3 Å². The summed E-state index contributed by atoms with van der Waals surface area (Å²) in [7, 11) is 1.64. The van der Waals surface area contributed by atoms with Crippen LogP contribution in [0.15, 0.2) is 72.8 Å². The number of benzene rings is 3. The molecular weight excluding hydrogens is 582 g/mol. The molecule has 0 bridgehead atoms. The van der Waals surface area contributed by atoms with Crippen LogP contribution in [0, 0.1) is 29.4 Å². The lowest BCUT2D eigenvalue weighted by atomic mass is 9.86. The van der Waals surface area contributed by atoms with Crippen molar-refractivity contribution in [1.29, 1.82) is 0 Å². The van der Waals surface area contributed by atoms with Gasteiger partial charge in [0.2, 0.25) is 0 Å². The Labute approximate surface area is 272 Å². The lowest BCUT2D eigenvalue weighted by Gasteiger charge is -2.35. The van der Waals surface area contributed by atoms with Crippen molar-refractivity contribution in [2.75, 3.05) is 39.8 Å². The molecule has 3 aliphatic rings. The van der Waals surface area contributed by atoms with Gasteiger partial charge >= 0.3 is 5.97 Å². The molecule has 7 heteroatoms. The van der Waals surface area contributed by atoms with Gasteiger partial charge in [-0.2, -0.15) is 0 Å². The third-order valence-electron chi connectivity index (χ3n) is 10.4. The van der Waals surface area contributed by atoms with Crippen molar-refractivity contribution < 1.29 is 23.0 Å². The molecule has 3 fully saturated rings. The second kappa shape index (κ2) is 15.5. The molecule has 3 aromatic carbocycles. The van der Waals surface area contributed by atoms with Crippen LogP contribution in [0.1, 0.15) is 67.6 Å². The van der Waals surface area contributed by atoms with Crippen LogP contribution >= 0.6 is 0 Å². The number of esters is 1. The van der Waals surface area contributed by atoms with E-state index in [-0.39, 0.29) is 36.2 Å². The van der Waals surface area contributed by atoms with E-state index in [1.165, 1.54) is 43.7 Å². The first-order valence-electron chi connectivity index (χ1n) is 17.2. The number of carbonyl (C=O) groups excluding carboxylic acids is 1. The van der Waals surface area contributed by atoms with Gasteiger partial charge in [-0.05, 0) is 116 Å². The lowest BCUT2D eigenvalue weighted by Crippen LogP contribution is -2.42. The SMILES string of the molecule is COc1ccc(COC(=O)[C@@H](CC2CC2)N2C[C@H](CN3CCC(CCCc4ccc(F)cc4)CC3)[C@@H](c3cccc(F)c3)C2)cc1. The monoisotopic (exact) mass is 630 g/mol. The largest absolute Gasteiger partial charge is 0.497 e. The van der Waals surface area contributed by atoms with Crippen LogP contribution in [-0.4, -0.2) is 61.6 Å². The molecule has 3 atom stereocenters. The highest BCUT2D eigenvalue weighted by atomic mass is 19.1. The summed E-state index contributed by atoms with van der Waals surface area (Å²) in [4.78, 5) is 18.6. The van der Waals surface area contributed by atoms with Crippen molar-refractivity contribution in [3.63, 3.8) is 0 Å². The Bertz CT molecular complexity index is 1400. The Balaban J connectivity index is 1.06. The summed E-state index contributed by atoms with van der Waals surface area (Å²) in [6.45, 7) is 4.90. The number of carbonyl (C=O) groups is 1. The molecule has 1 aliphatic carbocycles. The molecule has 0 spiro atoms. The average molecular weight is 631 g/mol. The molecule has 46 heavy (non-hydrogen) atoms. The Kier molecular flexibility index (Phi) is 11.0.